The van der Waals surface area contributed by atoms with Crippen LogP contribution in [0.5, 0.6) is 0 Å². The summed E-state index contributed by atoms with van der Waals surface area (Å²) >= 11 is 0. The predicted octanol–water partition coefficient (Wildman–Crippen LogP) is 0.156. The first-order chi connectivity index (χ1) is 9.31. The fraction of sp³-hybridized carbons (Fsp3) is 0.923. The molecule has 6 heteroatoms. The van der Waals surface area contributed by atoms with Crippen molar-refractivity contribution in [3.63, 3.8) is 0 Å². The molecule has 0 bridgehead atoms. The fourth-order valence-electron chi connectivity index (χ4n) is 2.77. The Balaban J connectivity index is 1.33. The van der Waals surface area contributed by atoms with E-state index in [0.717, 1.165) is 39.1 Å². The van der Waals surface area contributed by atoms with Crippen LogP contribution in [0.25, 0.3) is 0 Å². The van der Waals surface area contributed by atoms with E-state index < -0.39 is 6.29 Å². The van der Waals surface area contributed by atoms with Crippen molar-refractivity contribution in [2.24, 2.45) is 0 Å². The first-order valence-electron chi connectivity index (χ1n) is 7.06. The van der Waals surface area contributed by atoms with Crippen molar-refractivity contribution in [3.05, 3.63) is 0 Å². The van der Waals surface area contributed by atoms with Crippen LogP contribution in [0.2, 0.25) is 0 Å². The largest absolute Gasteiger partial charge is 0.462 e. The molecule has 1 saturated carbocycles. The molecule has 108 valence electrons. The Labute approximate surface area is 112 Å². The van der Waals surface area contributed by atoms with Gasteiger partial charge in [0.1, 0.15) is 6.10 Å². The van der Waals surface area contributed by atoms with Gasteiger partial charge >= 0.3 is 5.97 Å². The van der Waals surface area contributed by atoms with E-state index in [1.807, 2.05) is 0 Å². The normalized spacial score (nSPS) is 33.1. The zero-order valence-corrected chi connectivity index (χ0v) is 11.1. The second-order valence-corrected chi connectivity index (χ2v) is 5.26. The van der Waals surface area contributed by atoms with E-state index in [2.05, 4.69) is 4.90 Å². The average Bonchev–Trinajstić information content (AvgIpc) is 2.87. The molecule has 0 spiro atoms. The lowest BCUT2D eigenvalue weighted by Gasteiger charge is -2.43. The van der Waals surface area contributed by atoms with Crippen molar-refractivity contribution in [1.29, 1.82) is 0 Å². The minimum Gasteiger partial charge on any atom is -0.462 e. The number of carbonyl (C=O) groups is 1. The van der Waals surface area contributed by atoms with Gasteiger partial charge in [-0.05, 0) is 0 Å². The summed E-state index contributed by atoms with van der Waals surface area (Å²) in [6, 6.07) is 0.556. The quantitative estimate of drug-likeness (QED) is 0.679. The lowest BCUT2D eigenvalue weighted by atomic mass is 9.87. The van der Waals surface area contributed by atoms with Crippen LogP contribution in [-0.2, 0) is 23.7 Å². The molecule has 0 aromatic rings. The second kappa shape index (κ2) is 6.17. The standard InChI is InChI=1S/C13H21NO5/c15-12(9-13-17-5-6-18-13)19-11-7-10(8-11)14-1-3-16-4-2-14/h10-11,13H,1-9H2. The SMILES string of the molecule is O=C(CC1OCCO1)OC1CC(N2CCOCC2)C1. The molecule has 1 aliphatic carbocycles. The molecule has 0 atom stereocenters. The van der Waals surface area contributed by atoms with Crippen LogP contribution in [-0.4, -0.2) is 68.8 Å². The third-order valence-corrected chi connectivity index (χ3v) is 3.95. The number of morpholine rings is 1. The van der Waals surface area contributed by atoms with Crippen LogP contribution < -0.4 is 0 Å². The van der Waals surface area contributed by atoms with E-state index in [-0.39, 0.29) is 18.5 Å². The molecule has 0 radical (unpaired) electrons. The summed E-state index contributed by atoms with van der Waals surface area (Å²) < 4.78 is 21.2. The summed E-state index contributed by atoms with van der Waals surface area (Å²) in [6.07, 6.45) is 1.76. The van der Waals surface area contributed by atoms with E-state index in [0.29, 0.717) is 19.3 Å². The zero-order chi connectivity index (χ0) is 13.1. The maximum absolute atomic E-state index is 11.7. The number of rotatable bonds is 4. The van der Waals surface area contributed by atoms with Gasteiger partial charge in [0.15, 0.2) is 6.29 Å². The Morgan fingerprint density at radius 2 is 1.79 bits per heavy atom. The molecule has 2 saturated heterocycles. The number of carbonyl (C=O) groups excluding carboxylic acids is 1. The highest BCUT2D eigenvalue weighted by Crippen LogP contribution is 2.29. The van der Waals surface area contributed by atoms with Crippen LogP contribution >= 0.6 is 0 Å². The molecule has 2 heterocycles. The van der Waals surface area contributed by atoms with Crippen molar-refractivity contribution >= 4 is 5.97 Å². The van der Waals surface area contributed by atoms with Crippen LogP contribution in [0.1, 0.15) is 19.3 Å². The van der Waals surface area contributed by atoms with Gasteiger partial charge in [0.2, 0.25) is 0 Å². The first-order valence-corrected chi connectivity index (χ1v) is 7.06. The molecule has 3 rings (SSSR count). The summed E-state index contributed by atoms with van der Waals surface area (Å²) in [4.78, 5) is 14.1. The minimum atomic E-state index is -0.400. The van der Waals surface area contributed by atoms with E-state index in [4.69, 9.17) is 18.9 Å². The van der Waals surface area contributed by atoms with Gasteiger partial charge in [-0.1, -0.05) is 0 Å². The maximum atomic E-state index is 11.7. The van der Waals surface area contributed by atoms with Gasteiger partial charge in [0.25, 0.3) is 0 Å². The molecule has 19 heavy (non-hydrogen) atoms. The maximum Gasteiger partial charge on any atom is 0.311 e. The van der Waals surface area contributed by atoms with Gasteiger partial charge < -0.3 is 18.9 Å². The summed E-state index contributed by atoms with van der Waals surface area (Å²) in [5, 5.41) is 0. The Bertz CT molecular complexity index is 306. The van der Waals surface area contributed by atoms with Gasteiger partial charge in [-0.3, -0.25) is 9.69 Å². The number of esters is 1. The topological polar surface area (TPSA) is 57.2 Å². The summed E-state index contributed by atoms with van der Waals surface area (Å²) in [5.41, 5.74) is 0. The molecule has 0 amide bonds. The summed E-state index contributed by atoms with van der Waals surface area (Å²) in [6.45, 7) is 4.76. The van der Waals surface area contributed by atoms with E-state index in [9.17, 15) is 4.79 Å². The molecular weight excluding hydrogens is 250 g/mol. The third-order valence-electron chi connectivity index (χ3n) is 3.95. The number of nitrogens with zero attached hydrogens (tertiary/aromatic N) is 1. The van der Waals surface area contributed by atoms with Crippen molar-refractivity contribution in [2.45, 2.75) is 37.7 Å². The number of ether oxygens (including phenoxy) is 4. The Morgan fingerprint density at radius 3 is 2.47 bits per heavy atom. The van der Waals surface area contributed by atoms with Crippen LogP contribution in [0, 0.1) is 0 Å². The number of hydrogen-bond donors (Lipinski definition) is 0. The van der Waals surface area contributed by atoms with Gasteiger partial charge in [0, 0.05) is 32.0 Å². The zero-order valence-electron chi connectivity index (χ0n) is 11.1. The monoisotopic (exact) mass is 271 g/mol. The van der Waals surface area contributed by atoms with Crippen molar-refractivity contribution in [3.8, 4) is 0 Å². The third kappa shape index (κ3) is 3.45. The highest BCUT2D eigenvalue weighted by molar-refractivity contribution is 5.70. The lowest BCUT2D eigenvalue weighted by Crippen LogP contribution is -2.52. The van der Waals surface area contributed by atoms with Crippen molar-refractivity contribution in [1.82, 2.24) is 4.90 Å². The van der Waals surface area contributed by atoms with Crippen molar-refractivity contribution < 1.29 is 23.7 Å². The highest BCUT2D eigenvalue weighted by atomic mass is 16.7. The molecule has 3 aliphatic rings. The predicted molar refractivity (Wildman–Crippen MR) is 65.6 cm³/mol. The summed E-state index contributed by atoms with van der Waals surface area (Å²) in [7, 11) is 0. The molecule has 6 nitrogen and oxygen atoms in total. The highest BCUT2D eigenvalue weighted by Gasteiger charge is 2.37. The van der Waals surface area contributed by atoms with E-state index >= 15 is 0 Å². The van der Waals surface area contributed by atoms with Crippen LogP contribution in [0.3, 0.4) is 0 Å². The Kier molecular flexibility index (Phi) is 4.32. The molecule has 0 aromatic carbocycles. The first kappa shape index (κ1) is 13.3. The number of hydrogen-bond acceptors (Lipinski definition) is 6. The molecule has 3 fully saturated rings. The summed E-state index contributed by atoms with van der Waals surface area (Å²) in [5.74, 6) is -0.211. The minimum absolute atomic E-state index is 0.0711. The van der Waals surface area contributed by atoms with Crippen molar-refractivity contribution in [2.75, 3.05) is 39.5 Å². The van der Waals surface area contributed by atoms with E-state index in [1.54, 1.807) is 0 Å². The molecular formula is C13H21NO5. The second-order valence-electron chi connectivity index (χ2n) is 5.26. The van der Waals surface area contributed by atoms with Gasteiger partial charge in [0.05, 0.1) is 32.8 Å². The van der Waals surface area contributed by atoms with Gasteiger partial charge in [-0.25, -0.2) is 0 Å². The van der Waals surface area contributed by atoms with Gasteiger partial charge in [-0.15, -0.1) is 0 Å². The lowest BCUT2D eigenvalue weighted by molar-refractivity contribution is -0.165. The molecule has 0 aromatic heterocycles. The molecule has 0 N–H and O–H groups in total. The molecule has 2 aliphatic heterocycles. The van der Waals surface area contributed by atoms with Crippen LogP contribution in [0.15, 0.2) is 0 Å². The van der Waals surface area contributed by atoms with Gasteiger partial charge in [-0.2, -0.15) is 0 Å². The fourth-order valence-corrected chi connectivity index (χ4v) is 2.77. The Hall–Kier alpha value is -0.690. The molecule has 0 unspecified atom stereocenters. The smallest absolute Gasteiger partial charge is 0.311 e. The van der Waals surface area contributed by atoms with E-state index in [1.165, 1.54) is 0 Å². The average molecular weight is 271 g/mol. The van der Waals surface area contributed by atoms with Crippen LogP contribution in [0.4, 0.5) is 0 Å². The Morgan fingerprint density at radius 1 is 1.11 bits per heavy atom.